The van der Waals surface area contributed by atoms with Gasteiger partial charge in [0.1, 0.15) is 16.3 Å². The molecule has 0 unspecified atom stereocenters. The van der Waals surface area contributed by atoms with Crippen molar-refractivity contribution in [1.82, 2.24) is 4.57 Å². The van der Waals surface area contributed by atoms with Crippen LogP contribution in [0.2, 0.25) is 5.02 Å². The number of methoxy groups -OCH3 is 1. The molecule has 8 nitrogen and oxygen atoms in total. The number of rotatable bonds is 6. The number of hydrogen-bond acceptors (Lipinski definition) is 7. The zero-order chi connectivity index (χ0) is 30.4. The first-order valence-corrected chi connectivity index (χ1v) is 15.4. The first-order valence-electron chi connectivity index (χ1n) is 13.5. The molecule has 3 aromatic carbocycles. The molecular formula is C32H25BrClN3O5S. The number of para-hydroxylation sites is 1. The molecule has 1 amide bonds. The van der Waals surface area contributed by atoms with Crippen LogP contribution in [0.1, 0.15) is 36.6 Å². The fourth-order valence-corrected chi connectivity index (χ4v) is 7.22. The molecule has 0 spiro atoms. The first-order chi connectivity index (χ1) is 20.7. The molecule has 0 saturated carbocycles. The minimum absolute atomic E-state index is 0.152. The van der Waals surface area contributed by atoms with E-state index in [9.17, 15) is 14.4 Å². The second-order valence-corrected chi connectivity index (χ2v) is 12.2. The maximum atomic E-state index is 14.4. The van der Waals surface area contributed by atoms with E-state index in [-0.39, 0.29) is 34.7 Å². The van der Waals surface area contributed by atoms with Gasteiger partial charge in [0.15, 0.2) is 4.80 Å². The van der Waals surface area contributed by atoms with E-state index in [1.165, 1.54) is 11.7 Å². The Morgan fingerprint density at radius 1 is 1.09 bits per heavy atom. The van der Waals surface area contributed by atoms with E-state index >= 15 is 0 Å². The zero-order valence-corrected chi connectivity index (χ0v) is 26.5. The predicted molar refractivity (Wildman–Crippen MR) is 169 cm³/mol. The summed E-state index contributed by atoms with van der Waals surface area (Å²) in [6.45, 7) is 3.82. The minimum Gasteiger partial charge on any atom is -0.496 e. The number of hydrogen-bond donors (Lipinski definition) is 0. The number of fused-ring (bicyclic) bond motifs is 2. The van der Waals surface area contributed by atoms with Gasteiger partial charge in [-0.2, -0.15) is 0 Å². The Morgan fingerprint density at radius 2 is 1.84 bits per heavy atom. The van der Waals surface area contributed by atoms with E-state index in [0.29, 0.717) is 38.1 Å². The molecule has 43 heavy (non-hydrogen) atoms. The Bertz CT molecular complexity index is 2030. The first kappa shape index (κ1) is 29.1. The summed E-state index contributed by atoms with van der Waals surface area (Å²) in [5.41, 5.74) is 3.16. The second kappa shape index (κ2) is 11.6. The highest BCUT2D eigenvalue weighted by Gasteiger charge is 2.38. The van der Waals surface area contributed by atoms with Gasteiger partial charge in [-0.1, -0.05) is 75.3 Å². The third-order valence-corrected chi connectivity index (χ3v) is 9.33. The zero-order valence-electron chi connectivity index (χ0n) is 23.4. The van der Waals surface area contributed by atoms with Gasteiger partial charge in [0.2, 0.25) is 0 Å². The highest BCUT2D eigenvalue weighted by Crippen LogP contribution is 2.39. The van der Waals surface area contributed by atoms with Crippen LogP contribution in [0.25, 0.3) is 5.57 Å². The van der Waals surface area contributed by atoms with Crippen molar-refractivity contribution in [3.63, 3.8) is 0 Å². The third-order valence-electron chi connectivity index (χ3n) is 7.42. The molecule has 0 bridgehead atoms. The van der Waals surface area contributed by atoms with E-state index in [1.54, 1.807) is 30.9 Å². The fraction of sp³-hybridized carbons (Fsp3) is 0.188. The quantitative estimate of drug-likeness (QED) is 0.264. The number of esters is 1. The van der Waals surface area contributed by atoms with Crippen molar-refractivity contribution in [2.45, 2.75) is 26.4 Å². The number of thiazole rings is 1. The molecule has 0 saturated heterocycles. The van der Waals surface area contributed by atoms with Crippen LogP contribution >= 0.6 is 38.9 Å². The van der Waals surface area contributed by atoms with Crippen LogP contribution in [0.3, 0.4) is 0 Å². The van der Waals surface area contributed by atoms with Gasteiger partial charge >= 0.3 is 5.97 Å². The predicted octanol–water partition coefficient (Wildman–Crippen LogP) is 5.14. The molecule has 2 aliphatic heterocycles. The average molecular weight is 679 g/mol. The Morgan fingerprint density at radius 3 is 2.58 bits per heavy atom. The van der Waals surface area contributed by atoms with Crippen LogP contribution < -0.4 is 24.5 Å². The summed E-state index contributed by atoms with van der Waals surface area (Å²) in [6.07, 6.45) is 0. The molecule has 0 aliphatic carbocycles. The maximum absolute atomic E-state index is 14.4. The molecule has 0 N–H and O–H groups in total. The van der Waals surface area contributed by atoms with Gasteiger partial charge in [0.05, 0.1) is 42.8 Å². The molecule has 6 rings (SSSR count). The average Bonchev–Trinajstić information content (AvgIpc) is 3.45. The summed E-state index contributed by atoms with van der Waals surface area (Å²) in [5.74, 6) is -0.414. The van der Waals surface area contributed by atoms with Gasteiger partial charge in [0, 0.05) is 20.6 Å². The van der Waals surface area contributed by atoms with Crippen LogP contribution in [0.4, 0.5) is 5.69 Å². The molecule has 2 aliphatic rings. The van der Waals surface area contributed by atoms with Crippen molar-refractivity contribution in [3.05, 3.63) is 124 Å². The number of carbonyl (C=O) groups excluding carboxylic acids is 2. The third kappa shape index (κ3) is 4.93. The van der Waals surface area contributed by atoms with Crippen LogP contribution in [-0.4, -0.2) is 30.2 Å². The molecule has 3 heterocycles. The topological polar surface area (TPSA) is 90.2 Å². The van der Waals surface area contributed by atoms with Crippen LogP contribution in [0, 0.1) is 0 Å². The lowest BCUT2D eigenvalue weighted by Gasteiger charge is -2.26. The Hall–Kier alpha value is -3.99. The van der Waals surface area contributed by atoms with Crippen molar-refractivity contribution in [1.29, 1.82) is 0 Å². The summed E-state index contributed by atoms with van der Waals surface area (Å²) >= 11 is 11.1. The number of halogens is 2. The number of ether oxygens (including phenoxy) is 2. The molecule has 4 aromatic rings. The van der Waals surface area contributed by atoms with Crippen molar-refractivity contribution in [2.75, 3.05) is 18.6 Å². The molecule has 0 fully saturated rings. The van der Waals surface area contributed by atoms with Gasteiger partial charge in [-0.05, 0) is 49.7 Å². The van der Waals surface area contributed by atoms with Gasteiger partial charge in [-0.15, -0.1) is 0 Å². The van der Waals surface area contributed by atoms with Crippen molar-refractivity contribution < 1.29 is 19.1 Å². The second-order valence-electron chi connectivity index (χ2n) is 9.88. The molecule has 1 aromatic heterocycles. The maximum Gasteiger partial charge on any atom is 0.338 e. The lowest BCUT2D eigenvalue weighted by atomic mass is 9.95. The number of allylic oxidation sites excluding steroid dienone is 1. The number of aromatic nitrogens is 1. The Labute approximate surface area is 264 Å². The van der Waals surface area contributed by atoms with Gasteiger partial charge in [-0.3, -0.25) is 14.2 Å². The smallest absolute Gasteiger partial charge is 0.338 e. The minimum atomic E-state index is -0.900. The fourth-order valence-electron chi connectivity index (χ4n) is 5.51. The number of amides is 1. The molecular weight excluding hydrogens is 654 g/mol. The van der Waals surface area contributed by atoms with Crippen LogP contribution in [-0.2, 0) is 20.9 Å². The van der Waals surface area contributed by atoms with Crippen molar-refractivity contribution in [3.8, 4) is 5.75 Å². The highest BCUT2D eigenvalue weighted by atomic mass is 79.9. The number of nitrogens with zero attached hydrogens (tertiary/aromatic N) is 3. The van der Waals surface area contributed by atoms with E-state index < -0.39 is 17.6 Å². The van der Waals surface area contributed by atoms with Gasteiger partial charge < -0.3 is 14.4 Å². The normalized spacial score (nSPS) is 17.0. The lowest BCUT2D eigenvalue weighted by Crippen LogP contribution is -2.41. The van der Waals surface area contributed by atoms with E-state index in [4.69, 9.17) is 21.1 Å². The monoisotopic (exact) mass is 677 g/mol. The highest BCUT2D eigenvalue weighted by molar-refractivity contribution is 9.10. The van der Waals surface area contributed by atoms with Crippen molar-refractivity contribution in [2.24, 2.45) is 4.99 Å². The summed E-state index contributed by atoms with van der Waals surface area (Å²) < 4.78 is 13.5. The van der Waals surface area contributed by atoms with Gasteiger partial charge in [-0.25, -0.2) is 9.79 Å². The molecule has 11 heteroatoms. The Kier molecular flexibility index (Phi) is 7.85. The molecule has 218 valence electrons. The largest absolute Gasteiger partial charge is 0.496 e. The Balaban J connectivity index is 1.61. The van der Waals surface area contributed by atoms with Crippen LogP contribution in [0.15, 0.2) is 92.3 Å². The summed E-state index contributed by atoms with van der Waals surface area (Å²) in [7, 11) is 1.53. The molecule has 0 radical (unpaired) electrons. The van der Waals surface area contributed by atoms with E-state index in [1.807, 2.05) is 54.6 Å². The summed E-state index contributed by atoms with van der Waals surface area (Å²) in [5, 5.41) is 0.547. The summed E-state index contributed by atoms with van der Waals surface area (Å²) in [4.78, 5) is 48.6. The summed E-state index contributed by atoms with van der Waals surface area (Å²) in [6, 6.07) is 19.2. The van der Waals surface area contributed by atoms with Crippen LogP contribution in [0.5, 0.6) is 5.75 Å². The lowest BCUT2D eigenvalue weighted by molar-refractivity contribution is -0.139. The van der Waals surface area contributed by atoms with Gasteiger partial charge in [0.25, 0.3) is 11.5 Å². The van der Waals surface area contributed by atoms with E-state index in [2.05, 4.69) is 20.9 Å². The number of benzene rings is 3. The van der Waals surface area contributed by atoms with Crippen molar-refractivity contribution >= 4 is 62.0 Å². The standard InChI is InChI=1S/C32H25BrClN3O5S/c1-4-42-31(40)25-17(2)35-32-37(27(25)21-15-19(33)13-14-24(21)41-3)30(39)28(43-32)26-20-10-6-8-12-23(20)36(29(26)38)16-18-9-5-7-11-22(18)34/h5-15,27H,4,16H2,1-3H3/b28-26-/t27-/m1/s1. The van der Waals surface area contributed by atoms with E-state index in [0.717, 1.165) is 21.4 Å². The number of carbonyl (C=O) groups is 2. The molecule has 1 atom stereocenters. The SMILES string of the molecule is CCOC(=O)C1=C(C)N=c2s/c(=C3\C(=O)N(Cc4ccccc4Cl)c4ccccc43)c(=O)n2[C@@H]1c1cc(Br)ccc1OC. The number of anilines is 1.